The van der Waals surface area contributed by atoms with E-state index in [1.807, 2.05) is 0 Å². The SMILES string of the molecule is CCc1ccc(C(N)CN(CC(C)C)CC(C)C)cc1. The van der Waals surface area contributed by atoms with Crippen molar-refractivity contribution in [2.24, 2.45) is 17.6 Å². The van der Waals surface area contributed by atoms with E-state index in [9.17, 15) is 0 Å². The van der Waals surface area contributed by atoms with Gasteiger partial charge in [-0.1, -0.05) is 58.9 Å². The molecule has 0 aliphatic carbocycles. The highest BCUT2D eigenvalue weighted by Crippen LogP contribution is 2.15. The standard InChI is InChI=1S/C18H32N2/c1-6-16-7-9-17(10-8-16)18(19)13-20(11-14(2)3)12-15(4)5/h7-10,14-15,18H,6,11-13,19H2,1-5H3. The van der Waals surface area contributed by atoms with E-state index in [0.717, 1.165) is 26.1 Å². The lowest BCUT2D eigenvalue weighted by Gasteiger charge is -2.29. The first-order chi connectivity index (χ1) is 9.42. The summed E-state index contributed by atoms with van der Waals surface area (Å²) in [5, 5.41) is 0. The van der Waals surface area contributed by atoms with Gasteiger partial charge in [-0.25, -0.2) is 0 Å². The molecule has 1 rings (SSSR count). The van der Waals surface area contributed by atoms with Gasteiger partial charge in [0, 0.05) is 25.7 Å². The normalized spacial score (nSPS) is 13.4. The summed E-state index contributed by atoms with van der Waals surface area (Å²) < 4.78 is 0. The van der Waals surface area contributed by atoms with Gasteiger partial charge in [0.1, 0.15) is 0 Å². The van der Waals surface area contributed by atoms with Crippen LogP contribution >= 0.6 is 0 Å². The second-order valence-electron chi connectivity index (χ2n) is 6.71. The molecule has 2 heteroatoms. The molecule has 0 aromatic heterocycles. The van der Waals surface area contributed by atoms with Gasteiger partial charge >= 0.3 is 0 Å². The van der Waals surface area contributed by atoms with Crippen molar-refractivity contribution in [1.82, 2.24) is 4.90 Å². The third-order valence-corrected chi connectivity index (χ3v) is 3.52. The Kier molecular flexibility index (Phi) is 7.25. The zero-order chi connectivity index (χ0) is 15.1. The van der Waals surface area contributed by atoms with Gasteiger partial charge in [-0.15, -0.1) is 0 Å². The maximum Gasteiger partial charge on any atom is 0.0424 e. The number of rotatable bonds is 8. The molecule has 114 valence electrons. The first-order valence-electron chi connectivity index (χ1n) is 7.99. The van der Waals surface area contributed by atoms with Crippen LogP contribution in [0.25, 0.3) is 0 Å². The van der Waals surface area contributed by atoms with Crippen molar-refractivity contribution in [3.05, 3.63) is 35.4 Å². The van der Waals surface area contributed by atoms with E-state index in [-0.39, 0.29) is 6.04 Å². The second kappa shape index (κ2) is 8.43. The van der Waals surface area contributed by atoms with Gasteiger partial charge in [-0.2, -0.15) is 0 Å². The van der Waals surface area contributed by atoms with Gasteiger partial charge in [0.25, 0.3) is 0 Å². The quantitative estimate of drug-likeness (QED) is 0.781. The summed E-state index contributed by atoms with van der Waals surface area (Å²) in [6.07, 6.45) is 1.09. The Hall–Kier alpha value is -0.860. The first kappa shape index (κ1) is 17.2. The third-order valence-electron chi connectivity index (χ3n) is 3.52. The zero-order valence-electron chi connectivity index (χ0n) is 13.9. The highest BCUT2D eigenvalue weighted by Gasteiger charge is 2.14. The summed E-state index contributed by atoms with van der Waals surface area (Å²) in [7, 11) is 0. The highest BCUT2D eigenvalue weighted by molar-refractivity contribution is 5.25. The minimum Gasteiger partial charge on any atom is -0.323 e. The molecule has 0 saturated heterocycles. The Morgan fingerprint density at radius 2 is 1.40 bits per heavy atom. The van der Waals surface area contributed by atoms with Crippen molar-refractivity contribution in [2.75, 3.05) is 19.6 Å². The van der Waals surface area contributed by atoms with Crippen LogP contribution in [0.1, 0.15) is 51.8 Å². The van der Waals surface area contributed by atoms with Crippen molar-refractivity contribution in [1.29, 1.82) is 0 Å². The van der Waals surface area contributed by atoms with Crippen molar-refractivity contribution in [3.63, 3.8) is 0 Å². The Morgan fingerprint density at radius 1 is 0.900 bits per heavy atom. The van der Waals surface area contributed by atoms with Crippen molar-refractivity contribution >= 4 is 0 Å². The molecule has 0 radical (unpaired) electrons. The van der Waals surface area contributed by atoms with Gasteiger partial charge in [0.2, 0.25) is 0 Å². The Morgan fingerprint density at radius 3 is 1.80 bits per heavy atom. The molecule has 1 aromatic carbocycles. The molecule has 2 nitrogen and oxygen atoms in total. The fourth-order valence-corrected chi connectivity index (χ4v) is 2.64. The van der Waals surface area contributed by atoms with Crippen molar-refractivity contribution in [3.8, 4) is 0 Å². The summed E-state index contributed by atoms with van der Waals surface area (Å²) >= 11 is 0. The monoisotopic (exact) mass is 276 g/mol. The molecule has 0 saturated carbocycles. The number of nitrogens with zero attached hydrogens (tertiary/aromatic N) is 1. The van der Waals surface area contributed by atoms with Gasteiger partial charge in [0.05, 0.1) is 0 Å². The predicted octanol–water partition coefficient (Wildman–Crippen LogP) is 3.86. The molecular formula is C18H32N2. The molecule has 0 spiro atoms. The fourth-order valence-electron chi connectivity index (χ4n) is 2.64. The molecule has 0 aliphatic rings. The van der Waals surface area contributed by atoms with Crippen molar-refractivity contribution in [2.45, 2.75) is 47.1 Å². The minimum absolute atomic E-state index is 0.110. The van der Waals surface area contributed by atoms with Crippen LogP contribution in [-0.2, 0) is 6.42 Å². The largest absolute Gasteiger partial charge is 0.323 e. The van der Waals surface area contributed by atoms with E-state index >= 15 is 0 Å². The molecular weight excluding hydrogens is 244 g/mol. The third kappa shape index (κ3) is 6.06. The van der Waals surface area contributed by atoms with Crippen LogP contribution in [0.4, 0.5) is 0 Å². The van der Waals surface area contributed by atoms with Crippen LogP contribution in [0.5, 0.6) is 0 Å². The summed E-state index contributed by atoms with van der Waals surface area (Å²) in [6.45, 7) is 14.5. The van der Waals surface area contributed by atoms with Gasteiger partial charge in [0.15, 0.2) is 0 Å². The predicted molar refractivity (Wildman–Crippen MR) is 88.9 cm³/mol. The Bertz CT molecular complexity index is 358. The average molecular weight is 276 g/mol. The molecule has 20 heavy (non-hydrogen) atoms. The van der Waals surface area contributed by atoms with Crippen LogP contribution in [-0.4, -0.2) is 24.5 Å². The van der Waals surface area contributed by atoms with Gasteiger partial charge < -0.3 is 10.6 Å². The summed E-state index contributed by atoms with van der Waals surface area (Å²) in [5.74, 6) is 1.37. The van der Waals surface area contributed by atoms with E-state index in [1.165, 1.54) is 11.1 Å². The summed E-state index contributed by atoms with van der Waals surface area (Å²) in [6, 6.07) is 8.88. The summed E-state index contributed by atoms with van der Waals surface area (Å²) in [5.41, 5.74) is 9.02. The average Bonchev–Trinajstić information content (AvgIpc) is 2.37. The number of hydrogen-bond donors (Lipinski definition) is 1. The van der Waals surface area contributed by atoms with Gasteiger partial charge in [-0.05, 0) is 29.4 Å². The lowest BCUT2D eigenvalue weighted by atomic mass is 10.0. The lowest BCUT2D eigenvalue weighted by molar-refractivity contribution is 0.207. The second-order valence-corrected chi connectivity index (χ2v) is 6.71. The molecule has 0 fully saturated rings. The first-order valence-corrected chi connectivity index (χ1v) is 7.99. The fraction of sp³-hybridized carbons (Fsp3) is 0.667. The minimum atomic E-state index is 0.110. The van der Waals surface area contributed by atoms with Gasteiger partial charge in [-0.3, -0.25) is 0 Å². The smallest absolute Gasteiger partial charge is 0.0424 e. The number of hydrogen-bond acceptors (Lipinski definition) is 2. The maximum absolute atomic E-state index is 6.40. The van der Waals surface area contributed by atoms with E-state index in [2.05, 4.69) is 63.8 Å². The van der Waals surface area contributed by atoms with Crippen LogP contribution in [0.3, 0.4) is 0 Å². The molecule has 0 heterocycles. The highest BCUT2D eigenvalue weighted by atomic mass is 15.1. The number of nitrogens with two attached hydrogens (primary N) is 1. The summed E-state index contributed by atoms with van der Waals surface area (Å²) in [4.78, 5) is 2.51. The Labute approximate surface area is 125 Å². The molecule has 1 unspecified atom stereocenters. The molecule has 0 bridgehead atoms. The molecule has 1 aromatic rings. The van der Waals surface area contributed by atoms with Crippen LogP contribution in [0, 0.1) is 11.8 Å². The molecule has 0 aliphatic heterocycles. The van der Waals surface area contributed by atoms with E-state index in [0.29, 0.717) is 11.8 Å². The maximum atomic E-state index is 6.40. The van der Waals surface area contributed by atoms with Crippen LogP contribution in [0.15, 0.2) is 24.3 Å². The molecule has 0 amide bonds. The zero-order valence-corrected chi connectivity index (χ0v) is 13.9. The Balaban J connectivity index is 2.65. The van der Waals surface area contributed by atoms with Crippen LogP contribution < -0.4 is 5.73 Å². The number of benzene rings is 1. The van der Waals surface area contributed by atoms with Crippen molar-refractivity contribution < 1.29 is 0 Å². The molecule has 2 N–H and O–H groups in total. The topological polar surface area (TPSA) is 29.3 Å². The lowest BCUT2D eigenvalue weighted by Crippen LogP contribution is -2.37. The van der Waals surface area contributed by atoms with E-state index < -0.39 is 0 Å². The number of aryl methyl sites for hydroxylation is 1. The van der Waals surface area contributed by atoms with E-state index in [4.69, 9.17) is 5.73 Å². The van der Waals surface area contributed by atoms with E-state index in [1.54, 1.807) is 0 Å². The van der Waals surface area contributed by atoms with Crippen LogP contribution in [0.2, 0.25) is 0 Å². The molecule has 1 atom stereocenters.